The molecule has 6 nitrogen and oxygen atoms in total. The van der Waals surface area contributed by atoms with Crippen LogP contribution >= 0.6 is 0 Å². The summed E-state index contributed by atoms with van der Waals surface area (Å²) in [5.74, 6) is 2.43. The third-order valence-corrected chi connectivity index (χ3v) is 11.1. The fourth-order valence-corrected chi connectivity index (χ4v) is 9.46. The molecule has 4 fully saturated rings. The van der Waals surface area contributed by atoms with Crippen LogP contribution < -0.4 is 0 Å². The summed E-state index contributed by atoms with van der Waals surface area (Å²) in [7, 11) is 1.47. The Morgan fingerprint density at radius 3 is 2.20 bits per heavy atom. The van der Waals surface area contributed by atoms with Crippen LogP contribution in [0.25, 0.3) is 0 Å². The van der Waals surface area contributed by atoms with Crippen LogP contribution in [0.1, 0.15) is 98.8 Å². The van der Waals surface area contributed by atoms with Gasteiger partial charge in [0.1, 0.15) is 12.2 Å². The van der Waals surface area contributed by atoms with Crippen LogP contribution in [0.3, 0.4) is 0 Å². The van der Waals surface area contributed by atoms with Crippen LogP contribution in [-0.2, 0) is 28.6 Å². The van der Waals surface area contributed by atoms with E-state index in [9.17, 15) is 14.4 Å². The quantitative estimate of drug-likeness (QED) is 0.351. The maximum Gasteiger partial charge on any atom is 0.305 e. The Bertz CT molecular complexity index is 824. The number of hydrogen-bond donors (Lipinski definition) is 0. The van der Waals surface area contributed by atoms with E-state index >= 15 is 0 Å². The van der Waals surface area contributed by atoms with Crippen molar-refractivity contribution in [3.63, 3.8) is 0 Å². The summed E-state index contributed by atoms with van der Waals surface area (Å²) in [5, 5.41) is 0. The zero-order valence-corrected chi connectivity index (χ0v) is 22.6. The average molecular weight is 491 g/mol. The van der Waals surface area contributed by atoms with Gasteiger partial charge in [-0.2, -0.15) is 0 Å². The van der Waals surface area contributed by atoms with Crippen molar-refractivity contribution in [2.75, 3.05) is 7.11 Å². The second-order valence-electron chi connectivity index (χ2n) is 12.7. The molecule has 4 aliphatic rings. The molecule has 4 aliphatic carbocycles. The smallest absolute Gasteiger partial charge is 0.305 e. The molecule has 0 spiro atoms. The van der Waals surface area contributed by atoms with Crippen LogP contribution in [0.15, 0.2) is 0 Å². The number of methoxy groups -OCH3 is 1. The van der Waals surface area contributed by atoms with Gasteiger partial charge in [-0.1, -0.05) is 20.8 Å². The predicted octanol–water partition coefficient (Wildman–Crippen LogP) is 5.71. The number of hydrogen-bond acceptors (Lipinski definition) is 6. The lowest BCUT2D eigenvalue weighted by Gasteiger charge is -2.62. The monoisotopic (exact) mass is 490 g/mol. The van der Waals surface area contributed by atoms with Crippen molar-refractivity contribution < 1.29 is 28.6 Å². The van der Waals surface area contributed by atoms with Crippen LogP contribution in [0, 0.1) is 46.3 Å². The van der Waals surface area contributed by atoms with E-state index in [0.717, 1.165) is 32.1 Å². The molecule has 0 aliphatic heterocycles. The number of rotatable bonds is 6. The third-order valence-electron chi connectivity index (χ3n) is 11.1. The summed E-state index contributed by atoms with van der Waals surface area (Å²) in [4.78, 5) is 35.6. The molecule has 0 heterocycles. The molecule has 4 saturated carbocycles. The minimum atomic E-state index is -0.199. The fourth-order valence-electron chi connectivity index (χ4n) is 9.46. The Labute approximate surface area is 211 Å². The average Bonchev–Trinajstić information content (AvgIpc) is 3.14. The lowest BCUT2D eigenvalue weighted by molar-refractivity contribution is -0.197. The maximum absolute atomic E-state index is 12.2. The van der Waals surface area contributed by atoms with Crippen molar-refractivity contribution in [2.45, 2.75) is 111 Å². The highest BCUT2D eigenvalue weighted by molar-refractivity contribution is 5.69. The van der Waals surface area contributed by atoms with Crippen LogP contribution in [0.2, 0.25) is 0 Å². The minimum Gasteiger partial charge on any atom is -0.469 e. The van der Waals surface area contributed by atoms with Gasteiger partial charge in [-0.25, -0.2) is 0 Å². The molecule has 10 atom stereocenters. The standard InChI is InChI=1S/C29H46O6/c1-17(7-10-26(32)33-6)22-8-9-23-27-24(12-14-29(22,23)5)28(4)13-11-21(34-18(2)30)15-20(28)16-25(27)35-19(3)31/h17,20-25,27H,7-16H2,1-6H3/t17-,20?,21+,22?,23?,24?,25+,27?,28+,29-/m1/s1. The first-order chi connectivity index (χ1) is 16.5. The second kappa shape index (κ2) is 10.0. The number of carbonyl (C=O) groups excluding carboxylic acids is 3. The molecule has 0 N–H and O–H groups in total. The van der Waals surface area contributed by atoms with Crippen molar-refractivity contribution in [3.05, 3.63) is 0 Å². The summed E-state index contributed by atoms with van der Waals surface area (Å²) in [6, 6.07) is 0. The Hall–Kier alpha value is -1.59. The highest BCUT2D eigenvalue weighted by Crippen LogP contribution is 2.68. The molecule has 0 radical (unpaired) electrons. The van der Waals surface area contributed by atoms with Gasteiger partial charge < -0.3 is 14.2 Å². The summed E-state index contributed by atoms with van der Waals surface area (Å²) in [6.07, 6.45) is 9.80. The first-order valence-electron chi connectivity index (χ1n) is 13.9. The SMILES string of the molecule is COC(=O)CC[C@@H](C)C1CCC2C3C(CC[C@@]21C)[C@@]1(C)CC[C@H](OC(C)=O)CC1C[C@@H]3OC(C)=O. The van der Waals surface area contributed by atoms with Gasteiger partial charge in [0.05, 0.1) is 7.11 Å². The van der Waals surface area contributed by atoms with Gasteiger partial charge in [0, 0.05) is 26.2 Å². The van der Waals surface area contributed by atoms with Crippen molar-refractivity contribution >= 4 is 17.9 Å². The molecule has 0 aromatic carbocycles. The highest BCUT2D eigenvalue weighted by Gasteiger charge is 2.63. The van der Waals surface area contributed by atoms with Crippen LogP contribution in [0.5, 0.6) is 0 Å². The summed E-state index contributed by atoms with van der Waals surface area (Å²) in [6.45, 7) is 10.3. The first-order valence-corrected chi connectivity index (χ1v) is 13.9. The Morgan fingerprint density at radius 2 is 1.54 bits per heavy atom. The topological polar surface area (TPSA) is 78.9 Å². The molecule has 0 bridgehead atoms. The first kappa shape index (κ1) is 26.5. The van der Waals surface area contributed by atoms with Crippen molar-refractivity contribution in [1.29, 1.82) is 0 Å². The van der Waals surface area contributed by atoms with Gasteiger partial charge in [0.25, 0.3) is 0 Å². The van der Waals surface area contributed by atoms with Gasteiger partial charge >= 0.3 is 17.9 Å². The van der Waals surface area contributed by atoms with E-state index in [1.165, 1.54) is 39.7 Å². The molecule has 0 saturated heterocycles. The summed E-state index contributed by atoms with van der Waals surface area (Å²) in [5.41, 5.74) is 0.418. The van der Waals surface area contributed by atoms with E-state index in [1.54, 1.807) is 6.92 Å². The molecule has 6 heteroatoms. The molecule has 198 valence electrons. The van der Waals surface area contributed by atoms with E-state index in [1.807, 2.05) is 0 Å². The number of esters is 3. The van der Waals surface area contributed by atoms with E-state index in [2.05, 4.69) is 20.8 Å². The molecular weight excluding hydrogens is 444 g/mol. The molecule has 0 amide bonds. The normalized spacial score (nSPS) is 43.2. The second-order valence-corrected chi connectivity index (χ2v) is 12.7. The van der Waals surface area contributed by atoms with Gasteiger partial charge in [-0.15, -0.1) is 0 Å². The lowest BCUT2D eigenvalue weighted by Crippen LogP contribution is -2.59. The number of carbonyl (C=O) groups is 3. The predicted molar refractivity (Wildman–Crippen MR) is 132 cm³/mol. The van der Waals surface area contributed by atoms with Gasteiger partial charge in [0.15, 0.2) is 0 Å². The van der Waals surface area contributed by atoms with Crippen molar-refractivity contribution in [1.82, 2.24) is 0 Å². The van der Waals surface area contributed by atoms with E-state index in [4.69, 9.17) is 14.2 Å². The fraction of sp³-hybridized carbons (Fsp3) is 0.897. The maximum atomic E-state index is 12.2. The minimum absolute atomic E-state index is 0.0134. The third kappa shape index (κ3) is 4.87. The number of fused-ring (bicyclic) bond motifs is 5. The van der Waals surface area contributed by atoms with Crippen molar-refractivity contribution in [2.24, 2.45) is 46.3 Å². The Balaban J connectivity index is 1.57. The van der Waals surface area contributed by atoms with Gasteiger partial charge in [-0.05, 0) is 98.2 Å². The summed E-state index contributed by atoms with van der Waals surface area (Å²) >= 11 is 0. The zero-order valence-electron chi connectivity index (χ0n) is 22.6. The van der Waals surface area contributed by atoms with E-state index < -0.39 is 0 Å². The lowest BCUT2D eigenvalue weighted by atomic mass is 9.43. The highest BCUT2D eigenvalue weighted by atomic mass is 16.5. The number of ether oxygens (including phenoxy) is 3. The molecular formula is C29H46O6. The van der Waals surface area contributed by atoms with E-state index in [0.29, 0.717) is 41.9 Å². The zero-order chi connectivity index (χ0) is 25.5. The largest absolute Gasteiger partial charge is 0.469 e. The molecule has 5 unspecified atom stereocenters. The van der Waals surface area contributed by atoms with Crippen molar-refractivity contribution in [3.8, 4) is 0 Å². The molecule has 4 rings (SSSR count). The van der Waals surface area contributed by atoms with Crippen LogP contribution in [0.4, 0.5) is 0 Å². The van der Waals surface area contributed by atoms with E-state index in [-0.39, 0.29) is 40.9 Å². The molecule has 35 heavy (non-hydrogen) atoms. The van der Waals surface area contributed by atoms with Gasteiger partial charge in [-0.3, -0.25) is 14.4 Å². The molecule has 0 aromatic rings. The Kier molecular flexibility index (Phi) is 7.60. The summed E-state index contributed by atoms with van der Waals surface area (Å²) < 4.78 is 16.6. The van der Waals surface area contributed by atoms with Gasteiger partial charge in [0.2, 0.25) is 0 Å². The molecule has 0 aromatic heterocycles. The van der Waals surface area contributed by atoms with Crippen LogP contribution in [-0.4, -0.2) is 37.2 Å². The Morgan fingerprint density at radius 1 is 0.886 bits per heavy atom.